The minimum atomic E-state index is -3.86. The van der Waals surface area contributed by atoms with E-state index in [2.05, 4.69) is 9.71 Å². The first kappa shape index (κ1) is 13.3. The summed E-state index contributed by atoms with van der Waals surface area (Å²) < 4.78 is 39.6. The van der Waals surface area contributed by atoms with Crippen molar-refractivity contribution in [3.8, 4) is 0 Å². The van der Waals surface area contributed by atoms with Crippen molar-refractivity contribution >= 4 is 15.7 Å². The maximum atomic E-state index is 13.3. The molecule has 0 bridgehead atoms. The molecule has 0 radical (unpaired) electrons. The highest BCUT2D eigenvalue weighted by Crippen LogP contribution is 2.20. The van der Waals surface area contributed by atoms with Gasteiger partial charge in [0.15, 0.2) is 0 Å². The number of rotatable bonds is 3. The van der Waals surface area contributed by atoms with Gasteiger partial charge < -0.3 is 4.98 Å². The Labute approximate surface area is 109 Å². The van der Waals surface area contributed by atoms with E-state index in [1.54, 1.807) is 0 Å². The lowest BCUT2D eigenvalue weighted by Gasteiger charge is -2.10. The second-order valence-electron chi connectivity index (χ2n) is 3.91. The van der Waals surface area contributed by atoms with Crippen molar-refractivity contribution < 1.29 is 12.8 Å². The molecule has 100 valence electrons. The van der Waals surface area contributed by atoms with Gasteiger partial charge in [0, 0.05) is 17.8 Å². The number of H-pyrrole nitrogens is 1. The molecule has 2 N–H and O–H groups in total. The molecule has 0 atom stereocenters. The zero-order chi connectivity index (χ0) is 14.0. The molecule has 2 aromatic rings. The summed E-state index contributed by atoms with van der Waals surface area (Å²) in [6.45, 7) is 1.47. The van der Waals surface area contributed by atoms with Crippen LogP contribution >= 0.6 is 0 Å². The molecule has 0 saturated carbocycles. The Balaban J connectivity index is 2.39. The van der Waals surface area contributed by atoms with Crippen LogP contribution < -0.4 is 10.3 Å². The number of hydrogen-bond acceptors (Lipinski definition) is 3. The fourth-order valence-corrected chi connectivity index (χ4v) is 2.57. The Kier molecular flexibility index (Phi) is 3.39. The summed E-state index contributed by atoms with van der Waals surface area (Å²) in [5, 5.41) is 0. The average molecular weight is 282 g/mol. The molecular weight excluding hydrogens is 271 g/mol. The highest BCUT2D eigenvalue weighted by atomic mass is 32.2. The first-order valence-electron chi connectivity index (χ1n) is 5.37. The number of aromatic nitrogens is 1. The van der Waals surface area contributed by atoms with E-state index in [9.17, 15) is 17.6 Å². The van der Waals surface area contributed by atoms with Crippen molar-refractivity contribution in [2.45, 2.75) is 11.8 Å². The van der Waals surface area contributed by atoms with E-state index < -0.39 is 21.4 Å². The predicted molar refractivity (Wildman–Crippen MR) is 69.0 cm³/mol. The van der Waals surface area contributed by atoms with Gasteiger partial charge in [-0.05, 0) is 25.1 Å². The summed E-state index contributed by atoms with van der Waals surface area (Å²) in [6, 6.07) is 6.39. The van der Waals surface area contributed by atoms with Gasteiger partial charge in [0.25, 0.3) is 10.0 Å². The molecule has 7 heteroatoms. The van der Waals surface area contributed by atoms with Crippen molar-refractivity contribution in [2.24, 2.45) is 0 Å². The zero-order valence-corrected chi connectivity index (χ0v) is 10.8. The maximum absolute atomic E-state index is 13.3. The van der Waals surface area contributed by atoms with Gasteiger partial charge >= 0.3 is 0 Å². The van der Waals surface area contributed by atoms with E-state index in [1.807, 2.05) is 0 Å². The fourth-order valence-electron chi connectivity index (χ4n) is 1.49. The molecule has 2 rings (SSSR count). The third-order valence-electron chi connectivity index (χ3n) is 2.58. The number of halogens is 1. The van der Waals surface area contributed by atoms with Crippen LogP contribution in [0.4, 0.5) is 10.1 Å². The molecule has 0 fully saturated rings. The number of anilines is 1. The number of pyridine rings is 1. The fraction of sp³-hybridized carbons (Fsp3) is 0.0833. The average Bonchev–Trinajstić information content (AvgIpc) is 2.35. The monoisotopic (exact) mass is 282 g/mol. The molecule has 1 aromatic heterocycles. The molecule has 1 aromatic carbocycles. The standard InChI is InChI=1S/C12H11FN2O3S/c1-8-10(13)3-2-4-11(8)15-19(17,18)9-5-6-12(16)14-7-9/h2-7,15H,1H3,(H,14,16). The quantitative estimate of drug-likeness (QED) is 0.898. The van der Waals surface area contributed by atoms with Gasteiger partial charge in [0.2, 0.25) is 5.56 Å². The minimum absolute atomic E-state index is 0.101. The lowest BCUT2D eigenvalue weighted by atomic mass is 10.2. The summed E-state index contributed by atoms with van der Waals surface area (Å²) in [7, 11) is -3.86. The van der Waals surface area contributed by atoms with Gasteiger partial charge in [-0.1, -0.05) is 6.07 Å². The van der Waals surface area contributed by atoms with Crippen LogP contribution in [0.15, 0.2) is 46.2 Å². The molecule has 0 saturated heterocycles. The van der Waals surface area contributed by atoms with Crippen molar-refractivity contribution in [1.82, 2.24) is 4.98 Å². The van der Waals surface area contributed by atoms with Crippen LogP contribution in [-0.4, -0.2) is 13.4 Å². The molecule has 19 heavy (non-hydrogen) atoms. The summed E-state index contributed by atoms with van der Waals surface area (Å²) in [4.78, 5) is 13.1. The Morgan fingerprint density at radius 1 is 1.21 bits per heavy atom. The van der Waals surface area contributed by atoms with E-state index in [0.29, 0.717) is 0 Å². The summed E-state index contributed by atoms with van der Waals surface area (Å²) in [5.41, 5.74) is -0.0393. The van der Waals surface area contributed by atoms with Gasteiger partial charge in [0.05, 0.1) is 5.69 Å². The molecule has 0 aliphatic rings. The van der Waals surface area contributed by atoms with Gasteiger partial charge in [-0.2, -0.15) is 0 Å². The van der Waals surface area contributed by atoms with Gasteiger partial charge in [0.1, 0.15) is 10.7 Å². The van der Waals surface area contributed by atoms with Gasteiger partial charge in [-0.25, -0.2) is 12.8 Å². The van der Waals surface area contributed by atoms with Crippen LogP contribution in [0.3, 0.4) is 0 Å². The van der Waals surface area contributed by atoms with E-state index >= 15 is 0 Å². The molecule has 0 aliphatic heterocycles. The summed E-state index contributed by atoms with van der Waals surface area (Å²) >= 11 is 0. The van der Waals surface area contributed by atoms with E-state index in [0.717, 1.165) is 12.3 Å². The predicted octanol–water partition coefficient (Wildman–Crippen LogP) is 1.62. The number of hydrogen-bond donors (Lipinski definition) is 2. The van der Waals surface area contributed by atoms with Gasteiger partial charge in [-0.15, -0.1) is 0 Å². The molecule has 0 aliphatic carbocycles. The smallest absolute Gasteiger partial charge is 0.263 e. The largest absolute Gasteiger partial charge is 0.328 e. The third-order valence-corrected chi connectivity index (χ3v) is 3.94. The van der Waals surface area contributed by atoms with Crippen LogP contribution in [-0.2, 0) is 10.0 Å². The number of sulfonamides is 1. The molecule has 0 spiro atoms. The van der Waals surface area contributed by atoms with Gasteiger partial charge in [-0.3, -0.25) is 9.52 Å². The maximum Gasteiger partial charge on any atom is 0.263 e. The van der Waals surface area contributed by atoms with Crippen molar-refractivity contribution in [3.05, 3.63) is 58.3 Å². The molecule has 1 heterocycles. The lowest BCUT2D eigenvalue weighted by Crippen LogP contribution is -2.16. The number of aromatic amines is 1. The Morgan fingerprint density at radius 3 is 2.58 bits per heavy atom. The Morgan fingerprint density at radius 2 is 1.95 bits per heavy atom. The highest BCUT2D eigenvalue weighted by Gasteiger charge is 2.16. The summed E-state index contributed by atoms with van der Waals surface area (Å²) in [6.07, 6.45) is 1.08. The number of nitrogens with one attached hydrogen (secondary N) is 2. The Bertz CT molecular complexity index is 748. The molecule has 5 nitrogen and oxygen atoms in total. The highest BCUT2D eigenvalue weighted by molar-refractivity contribution is 7.92. The van der Waals surface area contributed by atoms with Crippen molar-refractivity contribution in [1.29, 1.82) is 0 Å². The van der Waals surface area contributed by atoms with E-state index in [4.69, 9.17) is 0 Å². The second-order valence-corrected chi connectivity index (χ2v) is 5.59. The minimum Gasteiger partial charge on any atom is -0.328 e. The SMILES string of the molecule is Cc1c(F)cccc1NS(=O)(=O)c1ccc(=O)[nH]c1. The van der Waals surface area contributed by atoms with E-state index in [-0.39, 0.29) is 16.1 Å². The Hall–Kier alpha value is -2.15. The molecule has 0 amide bonds. The normalized spacial score (nSPS) is 11.3. The van der Waals surface area contributed by atoms with Crippen LogP contribution in [0.5, 0.6) is 0 Å². The lowest BCUT2D eigenvalue weighted by molar-refractivity contribution is 0.600. The van der Waals surface area contributed by atoms with Crippen molar-refractivity contribution in [3.63, 3.8) is 0 Å². The molecular formula is C12H11FN2O3S. The van der Waals surface area contributed by atoms with Crippen LogP contribution in [0.2, 0.25) is 0 Å². The second kappa shape index (κ2) is 4.85. The van der Waals surface area contributed by atoms with Crippen LogP contribution in [0.25, 0.3) is 0 Å². The van der Waals surface area contributed by atoms with E-state index in [1.165, 1.54) is 31.2 Å². The topological polar surface area (TPSA) is 79.0 Å². The number of benzene rings is 1. The zero-order valence-electron chi connectivity index (χ0n) is 9.98. The first-order chi connectivity index (χ1) is 8.90. The van der Waals surface area contributed by atoms with Crippen molar-refractivity contribution in [2.75, 3.05) is 4.72 Å². The first-order valence-corrected chi connectivity index (χ1v) is 6.85. The third kappa shape index (κ3) is 2.82. The van der Waals surface area contributed by atoms with Crippen LogP contribution in [0.1, 0.15) is 5.56 Å². The molecule has 0 unspecified atom stereocenters. The van der Waals surface area contributed by atoms with Crippen LogP contribution in [0, 0.1) is 12.7 Å². The summed E-state index contributed by atoms with van der Waals surface area (Å²) in [5.74, 6) is -0.498.